The van der Waals surface area contributed by atoms with Gasteiger partial charge in [0.2, 0.25) is 23.6 Å². The van der Waals surface area contributed by atoms with Crippen molar-refractivity contribution < 1.29 is 112 Å². The summed E-state index contributed by atoms with van der Waals surface area (Å²) in [7, 11) is -4.06. The van der Waals surface area contributed by atoms with Crippen molar-refractivity contribution in [1.82, 2.24) is 21.2 Å². The number of amides is 4. The van der Waals surface area contributed by atoms with Crippen LogP contribution in [-0.2, 0) is 44.8 Å². The highest BCUT2D eigenvalue weighted by Crippen LogP contribution is 2.28. The number of carbonyl (C=O) groups is 4. The number of aryl methyl sites for hydroxylation is 2. The molecule has 0 heterocycles. The Balaban J connectivity index is 0.000000298. The molecule has 8 aromatic rings. The van der Waals surface area contributed by atoms with Gasteiger partial charge in [-0.05, 0) is 139 Å². The van der Waals surface area contributed by atoms with Gasteiger partial charge in [-0.3, -0.25) is 19.2 Å². The van der Waals surface area contributed by atoms with Crippen LogP contribution in [0.5, 0.6) is 23.0 Å². The molecular weight excluding hydrogens is 905 g/mol. The van der Waals surface area contributed by atoms with Crippen LogP contribution in [0.3, 0.4) is 0 Å². The van der Waals surface area contributed by atoms with Crippen molar-refractivity contribution >= 4 is 66.7 Å². The minimum absolute atomic E-state index is 0.127. The molecule has 8 aromatic carbocycles. The van der Waals surface area contributed by atoms with Crippen LogP contribution >= 0.6 is 0 Å². The number of hydrogen-bond acceptors (Lipinski definition) is 8. The second-order valence-electron chi connectivity index (χ2n) is 12.7. The minimum atomic E-state index is -3.36. The van der Waals surface area contributed by atoms with E-state index < -0.39 is 333 Å². The van der Waals surface area contributed by atoms with Crippen LogP contribution in [0.25, 0.3) is 43.1 Å². The zero-order valence-electron chi connectivity index (χ0n) is 90.9. The van der Waals surface area contributed by atoms with Crippen molar-refractivity contribution in [2.24, 2.45) is 0 Å². The highest BCUT2D eigenvalue weighted by molar-refractivity contribution is 5.90. The van der Waals surface area contributed by atoms with Gasteiger partial charge >= 0.3 is 0 Å². The zero-order chi connectivity index (χ0) is 98.4. The highest BCUT2D eigenvalue weighted by Gasteiger charge is 2.07. The molecule has 0 spiro atoms. The molecule has 0 aromatic heterocycles. The largest absolute Gasteiger partial charge is 0.497 e. The Bertz CT molecular complexity index is 5680. The van der Waals surface area contributed by atoms with Gasteiger partial charge in [-0.1, -0.05) is 96.7 Å². The van der Waals surface area contributed by atoms with E-state index in [1.54, 1.807) is 0 Å². The van der Waals surface area contributed by atoms with E-state index in [9.17, 15) is 19.2 Å². The molecule has 0 bridgehead atoms. The van der Waals surface area contributed by atoms with E-state index in [1.807, 2.05) is 0 Å². The van der Waals surface area contributed by atoms with E-state index in [1.165, 1.54) is 0 Å². The van der Waals surface area contributed by atoms with Gasteiger partial charge in [-0.2, -0.15) is 0 Å². The Labute approximate surface area is 499 Å². The number of nitrogens with one attached hydrogen (secondary N) is 4. The van der Waals surface area contributed by atoms with Crippen molar-refractivity contribution in [3.05, 3.63) is 167 Å². The molecule has 0 aliphatic rings. The highest BCUT2D eigenvalue weighted by atomic mass is 16.5. The average Bonchev–Trinajstić information content (AvgIpc) is 0.738. The first-order valence-electron chi connectivity index (χ1n) is 46.2. The summed E-state index contributed by atoms with van der Waals surface area (Å²) in [6, 6.07) is -18.0. The first-order chi connectivity index (χ1) is 56.6. The molecule has 72 heavy (non-hydrogen) atoms. The van der Waals surface area contributed by atoms with Crippen LogP contribution in [-0.4, -0.2) is 78.0 Å². The zero-order valence-corrected chi connectivity index (χ0v) is 36.9. The number of fused-ring (bicyclic) bond motifs is 4. The number of rotatable bonds is 16. The van der Waals surface area contributed by atoms with Crippen LogP contribution in [0.15, 0.2) is 145 Å². The smallest absolute Gasteiger partial charge is 0.216 e. The van der Waals surface area contributed by atoms with Gasteiger partial charge in [0.1, 0.15) is 23.0 Å². The Morgan fingerprint density at radius 2 is 0.736 bits per heavy atom. The normalized spacial score (nSPS) is 23.0. The van der Waals surface area contributed by atoms with Crippen LogP contribution in [0.4, 0.5) is 0 Å². The molecule has 8 rings (SSSR count). The summed E-state index contributed by atoms with van der Waals surface area (Å²) in [5.41, 5.74) is -2.49. The Morgan fingerprint density at radius 1 is 0.431 bits per heavy atom. The van der Waals surface area contributed by atoms with Crippen molar-refractivity contribution in [3.8, 4) is 23.0 Å². The Kier molecular flexibility index (Phi) is 6.74. The van der Waals surface area contributed by atoms with Crippen molar-refractivity contribution in [3.63, 3.8) is 0 Å². The monoisotopic (exact) mass is 1030 g/mol. The SMILES string of the molecule is [2H]c1c([2H])c(C([2H])([2H])CN([2H])C(=O)C([2H])([2H])[2H])c2c([2H])c(OC([2H])([2H])[2H])c([2H])c([2H])c2c1[2H].[2H]c1c([2H])c(C([2H])([2H])CN([2H])C(=O)C([2H])([2H])[2H])c2c([2H])c(OC)c([2H])c([2H])c2c1[2H].[2H]c1c([2H])c(CC([2H])([2H])N([2H])C(=O)C([2H])([2H])[2H])c2c([2H])c(OC([2H])([2H])[2H])c([2H])c([2H])c2c1[2H].[2H]c1c([2H])c(CC([2H])([2H])N([2H])C(=O)C([2H])([2H])[2H])c2c([2H])c(OC)c([2H])c([2H])c2c1[2H]. The van der Waals surface area contributed by atoms with Crippen LogP contribution < -0.4 is 40.2 Å². The Morgan fingerprint density at radius 3 is 1.06 bits per heavy atom. The van der Waals surface area contributed by atoms with E-state index in [0.29, 0.717) is 0 Å². The van der Waals surface area contributed by atoms with Gasteiger partial charge in [0.15, 0.2) is 5.65 Å². The molecule has 4 amide bonds. The number of benzene rings is 8. The van der Waals surface area contributed by atoms with E-state index in [-0.39, 0.29) is 38.0 Å². The predicted octanol–water partition coefficient (Wildman–Crippen LogP) is 10.1. The van der Waals surface area contributed by atoms with E-state index in [0.717, 1.165) is 14.2 Å². The van der Waals surface area contributed by atoms with Gasteiger partial charge in [0.25, 0.3) is 0 Å². The third-order valence-electron chi connectivity index (χ3n) is 8.26. The summed E-state index contributed by atoms with van der Waals surface area (Å²) >= 11 is 0. The molecular formula is C60H68N4O8. The van der Waals surface area contributed by atoms with Crippen LogP contribution in [0.1, 0.15) is 118 Å². The van der Waals surface area contributed by atoms with Crippen LogP contribution in [0.2, 0.25) is 5.65 Å². The molecule has 0 fully saturated rings. The Hall–Kier alpha value is -8.12. The fraction of sp³-hybridized carbons (Fsp3) is 0.267. The quantitative estimate of drug-likeness (QED) is 0.0747. The fourth-order valence-corrected chi connectivity index (χ4v) is 5.26. The minimum Gasteiger partial charge on any atom is -0.497 e. The number of hydrogen-bond donors (Lipinski definition) is 4. The van der Waals surface area contributed by atoms with Crippen molar-refractivity contribution in [1.29, 1.82) is 0 Å². The van der Waals surface area contributed by atoms with Gasteiger partial charge in [0.05, 0.1) is 69.4 Å². The van der Waals surface area contributed by atoms with Gasteiger partial charge in [-0.25, -0.2) is 0 Å². The number of ether oxygens (including phenoxy) is 4. The van der Waals surface area contributed by atoms with Crippen molar-refractivity contribution in [2.75, 3.05) is 54.4 Å². The lowest BCUT2D eigenvalue weighted by atomic mass is 10.0. The van der Waals surface area contributed by atoms with E-state index >= 15 is 0 Å². The summed E-state index contributed by atoms with van der Waals surface area (Å²) in [6.07, 6.45) is -7.86. The summed E-state index contributed by atoms with van der Waals surface area (Å²) in [5, 5.41) is -5.11. The third kappa shape index (κ3) is 17.1. The van der Waals surface area contributed by atoms with Gasteiger partial charge in [0, 0.05) is 80.9 Å². The first-order valence-corrected chi connectivity index (χ1v) is 19.5. The maximum absolute atomic E-state index is 11.9. The molecule has 12 heteroatoms. The summed E-state index contributed by atoms with van der Waals surface area (Å²) in [4.78, 5) is 47.4. The summed E-state index contributed by atoms with van der Waals surface area (Å²) in [6.45, 7) is -21.6. The lowest BCUT2D eigenvalue weighted by Crippen LogP contribution is -2.22. The second kappa shape index (κ2) is 28.5. The lowest BCUT2D eigenvalue weighted by Gasteiger charge is -2.08. The second-order valence-corrected chi connectivity index (χ2v) is 12.7. The van der Waals surface area contributed by atoms with E-state index in [4.69, 9.17) is 83.7 Å². The molecule has 0 aliphatic heterocycles. The molecule has 0 aliphatic carbocycles. The van der Waals surface area contributed by atoms with Crippen molar-refractivity contribution in [2.45, 2.75) is 53.0 Å². The summed E-state index contributed by atoms with van der Waals surface area (Å²) < 4.78 is 437. The molecule has 0 saturated carbocycles. The summed E-state index contributed by atoms with van der Waals surface area (Å²) in [5.74, 6) is -9.73. The standard InChI is InChI=1S/4C15H17NO2/c4*1-11(17)16-9-8-13-5-3-4-12-6-7-14(18-2)10-15(12)13/h4*3-7,10H,8-9H2,1-2H3,(H,16,17)/i1D3,2D3,3D,4D,5D,6D,7D,9D2,10D;1D3,2D3,3D,4D,5D,6D,7D,8D2,10D;1D3,3D,4D,5D,6D,7D,9D2,10D;1D3,3D,4D,5D,6D,7D,8D2,10D/hD4. The van der Waals surface area contributed by atoms with Crippen LogP contribution in [0, 0.1) is 0 Å². The number of carbonyl (C=O) groups excluding carboxylic acids is 4. The van der Waals surface area contributed by atoms with E-state index in [2.05, 4.69) is 9.47 Å². The predicted molar refractivity (Wildman–Crippen MR) is 292 cm³/mol. The third-order valence-corrected chi connectivity index (χ3v) is 8.26. The topological polar surface area (TPSA) is 153 Å². The lowest BCUT2D eigenvalue weighted by molar-refractivity contribution is -0.119. The molecule has 12 nitrogen and oxygen atoms in total. The molecule has 0 atom stereocenters. The maximum atomic E-state index is 11.9. The molecule has 4 N–H and O–H groups in total. The molecule has 0 radical (unpaired) electrons. The number of methoxy groups -OCH3 is 4. The molecule has 0 saturated heterocycles. The van der Waals surface area contributed by atoms with Gasteiger partial charge < -0.3 is 40.2 Å². The first kappa shape index (κ1) is 17.0. The average molecular weight is 1030 g/mol. The molecule has 376 valence electrons. The molecule has 0 unspecified atom stereocenters. The van der Waals surface area contributed by atoms with Gasteiger partial charge in [-0.15, -0.1) is 0 Å². The maximum Gasteiger partial charge on any atom is 0.216 e. The fourth-order valence-electron chi connectivity index (χ4n) is 5.26.